The molecule has 6 heteroatoms. The van der Waals surface area contributed by atoms with Crippen LogP contribution in [0.25, 0.3) is 0 Å². The van der Waals surface area contributed by atoms with E-state index in [0.29, 0.717) is 22.7 Å². The van der Waals surface area contributed by atoms with Gasteiger partial charge in [0.2, 0.25) is 0 Å². The normalized spacial score (nSPS) is 17.3. The van der Waals surface area contributed by atoms with Gasteiger partial charge in [-0.25, -0.2) is 0 Å². The van der Waals surface area contributed by atoms with Crippen molar-refractivity contribution in [3.05, 3.63) is 45.6 Å². The number of aromatic amines is 1. The predicted molar refractivity (Wildman–Crippen MR) is 79.5 cm³/mol. The zero-order valence-corrected chi connectivity index (χ0v) is 12.1. The third kappa shape index (κ3) is 2.61. The number of rotatable bonds is 2. The maximum absolute atomic E-state index is 12.4. The summed E-state index contributed by atoms with van der Waals surface area (Å²) in [6.45, 7) is 4.75. The first-order valence-electron chi connectivity index (χ1n) is 7.10. The molecule has 0 fully saturated rings. The number of aryl methyl sites for hydroxylation is 2. The third-order valence-corrected chi connectivity index (χ3v) is 3.92. The Morgan fingerprint density at radius 1 is 1.52 bits per heavy atom. The van der Waals surface area contributed by atoms with E-state index in [2.05, 4.69) is 22.3 Å². The van der Waals surface area contributed by atoms with Crippen molar-refractivity contribution in [3.63, 3.8) is 0 Å². The van der Waals surface area contributed by atoms with Crippen LogP contribution in [0.15, 0.2) is 23.3 Å². The average molecular weight is 286 g/mol. The van der Waals surface area contributed by atoms with E-state index in [4.69, 9.17) is 0 Å². The summed E-state index contributed by atoms with van der Waals surface area (Å²) in [5.41, 5.74) is 2.61. The number of fused-ring (bicyclic) bond motifs is 1. The van der Waals surface area contributed by atoms with Gasteiger partial charge < -0.3 is 10.3 Å². The predicted octanol–water partition coefficient (Wildman–Crippen LogP) is 1.71. The van der Waals surface area contributed by atoms with Gasteiger partial charge in [0.1, 0.15) is 0 Å². The molecule has 0 unspecified atom stereocenters. The van der Waals surface area contributed by atoms with Crippen LogP contribution in [0, 0.1) is 12.8 Å². The molecule has 2 aromatic heterocycles. The van der Waals surface area contributed by atoms with Crippen molar-refractivity contribution in [1.29, 1.82) is 0 Å². The van der Waals surface area contributed by atoms with Crippen molar-refractivity contribution in [1.82, 2.24) is 14.8 Å². The van der Waals surface area contributed by atoms with E-state index >= 15 is 0 Å². The van der Waals surface area contributed by atoms with Gasteiger partial charge in [-0.1, -0.05) is 6.92 Å². The van der Waals surface area contributed by atoms with Gasteiger partial charge in [-0.2, -0.15) is 5.10 Å². The summed E-state index contributed by atoms with van der Waals surface area (Å²) in [5.74, 6) is 0.382. The molecule has 1 amide bonds. The van der Waals surface area contributed by atoms with Crippen LogP contribution < -0.4 is 10.9 Å². The van der Waals surface area contributed by atoms with Crippen LogP contribution in [0.5, 0.6) is 0 Å². The second kappa shape index (κ2) is 5.20. The molecule has 1 atom stereocenters. The molecule has 21 heavy (non-hydrogen) atoms. The van der Waals surface area contributed by atoms with Gasteiger partial charge in [-0.05, 0) is 31.7 Å². The number of carbonyl (C=O) groups excluding carboxylic acids is 1. The van der Waals surface area contributed by atoms with Gasteiger partial charge in [-0.15, -0.1) is 0 Å². The highest BCUT2D eigenvalue weighted by Crippen LogP contribution is 2.23. The van der Waals surface area contributed by atoms with Crippen molar-refractivity contribution in [3.8, 4) is 0 Å². The van der Waals surface area contributed by atoms with Gasteiger partial charge in [0.15, 0.2) is 0 Å². The molecule has 0 saturated heterocycles. The topological polar surface area (TPSA) is 79.8 Å². The Labute approximate surface area is 122 Å². The SMILES string of the molecule is Cc1cc(NC(=O)c2cnn3c2C[C@@H](C)CC3)c[nH]c1=O. The number of carbonyl (C=O) groups is 1. The smallest absolute Gasteiger partial charge is 0.259 e. The lowest BCUT2D eigenvalue weighted by Crippen LogP contribution is -2.21. The maximum atomic E-state index is 12.4. The summed E-state index contributed by atoms with van der Waals surface area (Å²) in [4.78, 5) is 26.3. The largest absolute Gasteiger partial charge is 0.327 e. The monoisotopic (exact) mass is 286 g/mol. The molecule has 3 rings (SSSR count). The van der Waals surface area contributed by atoms with Crippen LogP contribution in [0.3, 0.4) is 0 Å². The minimum Gasteiger partial charge on any atom is -0.327 e. The Kier molecular flexibility index (Phi) is 3.37. The van der Waals surface area contributed by atoms with Crippen LogP contribution in [0.2, 0.25) is 0 Å². The molecule has 110 valence electrons. The molecule has 1 aliphatic rings. The first kappa shape index (κ1) is 13.6. The number of amides is 1. The Bertz CT molecular complexity index is 744. The van der Waals surface area contributed by atoms with E-state index in [0.717, 1.165) is 25.1 Å². The summed E-state index contributed by atoms with van der Waals surface area (Å²) in [6, 6.07) is 1.66. The Balaban J connectivity index is 1.84. The highest BCUT2D eigenvalue weighted by atomic mass is 16.1. The number of nitrogens with zero attached hydrogens (tertiary/aromatic N) is 2. The molecule has 0 radical (unpaired) electrons. The number of H-pyrrole nitrogens is 1. The lowest BCUT2D eigenvalue weighted by molar-refractivity contribution is 0.102. The minimum absolute atomic E-state index is 0.148. The lowest BCUT2D eigenvalue weighted by atomic mass is 9.96. The summed E-state index contributed by atoms with van der Waals surface area (Å²) in [5, 5.41) is 7.10. The molecule has 2 N–H and O–H groups in total. The highest BCUT2D eigenvalue weighted by Gasteiger charge is 2.23. The standard InChI is InChI=1S/C15H18N4O2/c1-9-3-4-19-13(5-9)12(8-17-19)15(21)18-11-6-10(2)14(20)16-7-11/h6-9H,3-5H2,1-2H3,(H,16,20)(H,18,21)/t9-/m0/s1. The Morgan fingerprint density at radius 3 is 3.10 bits per heavy atom. The molecule has 2 aromatic rings. The van der Waals surface area contributed by atoms with Crippen LogP contribution in [-0.4, -0.2) is 20.7 Å². The van der Waals surface area contributed by atoms with Gasteiger partial charge in [0, 0.05) is 18.3 Å². The number of anilines is 1. The third-order valence-electron chi connectivity index (χ3n) is 3.92. The molecule has 6 nitrogen and oxygen atoms in total. The Hall–Kier alpha value is -2.37. The van der Waals surface area contributed by atoms with Crippen molar-refractivity contribution in [2.75, 3.05) is 5.32 Å². The molecule has 1 aliphatic heterocycles. The molecular formula is C15H18N4O2. The molecule has 0 bridgehead atoms. The van der Waals surface area contributed by atoms with Crippen LogP contribution >= 0.6 is 0 Å². The number of pyridine rings is 1. The molecule has 0 aliphatic carbocycles. The van der Waals surface area contributed by atoms with E-state index in [1.807, 2.05) is 4.68 Å². The summed E-state index contributed by atoms with van der Waals surface area (Å²) < 4.78 is 1.91. The quantitative estimate of drug-likeness (QED) is 0.882. The zero-order chi connectivity index (χ0) is 15.0. The van der Waals surface area contributed by atoms with Gasteiger partial charge in [0.05, 0.1) is 23.1 Å². The fraction of sp³-hybridized carbons (Fsp3) is 0.400. The number of hydrogen-bond donors (Lipinski definition) is 2. The van der Waals surface area contributed by atoms with Crippen LogP contribution in [0.4, 0.5) is 5.69 Å². The van der Waals surface area contributed by atoms with Crippen molar-refractivity contribution < 1.29 is 4.79 Å². The average Bonchev–Trinajstić information content (AvgIpc) is 2.86. The fourth-order valence-corrected chi connectivity index (χ4v) is 2.65. The van der Waals surface area contributed by atoms with Crippen molar-refractivity contribution >= 4 is 11.6 Å². The van der Waals surface area contributed by atoms with E-state index in [1.165, 1.54) is 6.20 Å². The highest BCUT2D eigenvalue weighted by molar-refractivity contribution is 6.04. The van der Waals surface area contributed by atoms with Gasteiger partial charge in [-0.3, -0.25) is 14.3 Å². The van der Waals surface area contributed by atoms with Crippen LogP contribution in [0.1, 0.15) is 35.0 Å². The van der Waals surface area contributed by atoms with Crippen molar-refractivity contribution in [2.45, 2.75) is 33.2 Å². The van der Waals surface area contributed by atoms with E-state index in [9.17, 15) is 9.59 Å². The first-order valence-corrected chi connectivity index (χ1v) is 7.10. The van der Waals surface area contributed by atoms with Crippen molar-refractivity contribution in [2.24, 2.45) is 5.92 Å². The van der Waals surface area contributed by atoms with Crippen LogP contribution in [-0.2, 0) is 13.0 Å². The number of hydrogen-bond acceptors (Lipinski definition) is 3. The minimum atomic E-state index is -0.184. The molecular weight excluding hydrogens is 268 g/mol. The van der Waals surface area contributed by atoms with E-state index in [1.54, 1.807) is 19.2 Å². The summed E-state index contributed by atoms with van der Waals surface area (Å²) in [7, 11) is 0. The van der Waals surface area contributed by atoms with E-state index < -0.39 is 0 Å². The lowest BCUT2D eigenvalue weighted by Gasteiger charge is -2.20. The van der Waals surface area contributed by atoms with E-state index in [-0.39, 0.29) is 11.5 Å². The van der Waals surface area contributed by atoms with Gasteiger partial charge >= 0.3 is 0 Å². The number of nitrogens with one attached hydrogen (secondary N) is 2. The Morgan fingerprint density at radius 2 is 2.33 bits per heavy atom. The van der Waals surface area contributed by atoms with Gasteiger partial charge in [0.25, 0.3) is 11.5 Å². The number of aromatic nitrogens is 3. The second-order valence-corrected chi connectivity index (χ2v) is 5.68. The molecule has 0 saturated carbocycles. The first-order chi connectivity index (χ1) is 10.0. The maximum Gasteiger partial charge on any atom is 0.259 e. The second-order valence-electron chi connectivity index (χ2n) is 5.68. The molecule has 0 aromatic carbocycles. The molecule has 0 spiro atoms. The zero-order valence-electron chi connectivity index (χ0n) is 12.1. The summed E-state index contributed by atoms with van der Waals surface area (Å²) in [6.07, 6.45) is 5.09. The summed E-state index contributed by atoms with van der Waals surface area (Å²) >= 11 is 0. The molecule has 3 heterocycles. The fourth-order valence-electron chi connectivity index (χ4n) is 2.65.